The lowest BCUT2D eigenvalue weighted by molar-refractivity contribution is -0.137. The highest BCUT2D eigenvalue weighted by Crippen LogP contribution is 2.33. The van der Waals surface area contributed by atoms with Crippen molar-refractivity contribution in [1.29, 1.82) is 5.26 Å². The van der Waals surface area contributed by atoms with Gasteiger partial charge in [-0.3, -0.25) is 14.8 Å². The zero-order valence-corrected chi connectivity index (χ0v) is 15.6. The van der Waals surface area contributed by atoms with Crippen LogP contribution in [0.3, 0.4) is 0 Å². The maximum Gasteiger partial charge on any atom is 0.417 e. The summed E-state index contributed by atoms with van der Waals surface area (Å²) in [6.07, 6.45) is -1.60. The number of nitriles is 1. The molecular formula is C19H17F3N6O. The minimum absolute atomic E-state index is 0.0631. The van der Waals surface area contributed by atoms with Crippen LogP contribution in [0.25, 0.3) is 0 Å². The van der Waals surface area contributed by atoms with E-state index >= 15 is 0 Å². The first-order chi connectivity index (χ1) is 13.6. The van der Waals surface area contributed by atoms with E-state index in [4.69, 9.17) is 5.26 Å². The number of nitrogens with one attached hydrogen (secondary N) is 2. The Kier molecular flexibility index (Phi) is 5.23. The number of halogens is 3. The molecule has 10 heteroatoms. The molecule has 1 fully saturated rings. The summed E-state index contributed by atoms with van der Waals surface area (Å²) in [6.45, 7) is 4.53. The van der Waals surface area contributed by atoms with Crippen LogP contribution in [0.2, 0.25) is 0 Å². The average molecular weight is 402 g/mol. The molecule has 0 spiro atoms. The molecule has 2 heterocycles. The predicted octanol–water partition coefficient (Wildman–Crippen LogP) is 2.28. The van der Waals surface area contributed by atoms with E-state index in [1.165, 1.54) is 23.0 Å². The van der Waals surface area contributed by atoms with E-state index in [0.29, 0.717) is 18.9 Å². The van der Waals surface area contributed by atoms with Gasteiger partial charge in [-0.2, -0.15) is 23.5 Å². The Balaban J connectivity index is 1.78. The normalized spacial score (nSPS) is 13.7. The lowest BCUT2D eigenvalue weighted by Gasteiger charge is -2.27. The van der Waals surface area contributed by atoms with Crippen molar-refractivity contribution in [3.8, 4) is 18.0 Å². The van der Waals surface area contributed by atoms with Crippen molar-refractivity contribution in [3.63, 3.8) is 0 Å². The van der Waals surface area contributed by atoms with Gasteiger partial charge in [-0.1, -0.05) is 0 Å². The number of hydrogen-bond acceptors (Lipinski definition) is 5. The summed E-state index contributed by atoms with van der Waals surface area (Å²) >= 11 is 0. The van der Waals surface area contributed by atoms with Crippen molar-refractivity contribution in [1.82, 2.24) is 20.0 Å². The molecule has 7 nitrogen and oxygen atoms in total. The first-order valence-electron chi connectivity index (χ1n) is 8.56. The highest BCUT2D eigenvalue weighted by atomic mass is 19.4. The highest BCUT2D eigenvalue weighted by Gasteiger charge is 2.35. The molecular weight excluding hydrogens is 385 g/mol. The highest BCUT2D eigenvalue weighted by molar-refractivity contribution is 5.96. The molecule has 1 aromatic heterocycles. The fourth-order valence-electron chi connectivity index (χ4n) is 2.48. The Morgan fingerprint density at radius 1 is 1.31 bits per heavy atom. The average Bonchev–Trinajstić information content (AvgIpc) is 3.09. The summed E-state index contributed by atoms with van der Waals surface area (Å²) in [6, 6.07) is 7.46. The second-order valence-electron chi connectivity index (χ2n) is 6.90. The lowest BCUT2D eigenvalue weighted by Crippen LogP contribution is -2.48. The van der Waals surface area contributed by atoms with E-state index in [-0.39, 0.29) is 5.69 Å². The zero-order valence-electron chi connectivity index (χ0n) is 15.6. The quantitative estimate of drug-likeness (QED) is 0.770. The van der Waals surface area contributed by atoms with Gasteiger partial charge < -0.3 is 10.2 Å². The Labute approximate surface area is 165 Å². The van der Waals surface area contributed by atoms with Gasteiger partial charge in [0, 0.05) is 17.9 Å². The second kappa shape index (κ2) is 7.49. The molecule has 0 aliphatic carbocycles. The Hall–Kier alpha value is -3.50. The van der Waals surface area contributed by atoms with Crippen LogP contribution in [0.4, 0.5) is 18.9 Å². The Morgan fingerprint density at radius 2 is 2.03 bits per heavy atom. The number of carbonyl (C=O) groups excluding carboxylic acids is 1. The zero-order chi connectivity index (χ0) is 21.2. The van der Waals surface area contributed by atoms with Crippen LogP contribution < -0.4 is 10.6 Å². The molecule has 2 aromatic rings. The number of rotatable bonds is 3. The minimum Gasteiger partial charge on any atom is -0.324 e. The molecule has 0 unspecified atom stereocenters. The minimum atomic E-state index is -4.71. The Bertz CT molecular complexity index is 1030. The molecule has 3 rings (SSSR count). The number of aromatic nitrogens is 2. The van der Waals surface area contributed by atoms with Gasteiger partial charge in [0.25, 0.3) is 5.91 Å². The third-order valence-electron chi connectivity index (χ3n) is 4.38. The van der Waals surface area contributed by atoms with Gasteiger partial charge in [-0.25, -0.2) is 0 Å². The molecule has 0 saturated carbocycles. The molecule has 1 aliphatic rings. The van der Waals surface area contributed by atoms with Crippen LogP contribution in [0.15, 0.2) is 30.6 Å². The first kappa shape index (κ1) is 20.2. The smallest absolute Gasteiger partial charge is 0.324 e. The topological polar surface area (TPSA) is 86.0 Å². The fraction of sp³-hybridized carbons (Fsp3) is 0.316. The Morgan fingerprint density at radius 3 is 2.62 bits per heavy atom. The maximum atomic E-state index is 13.1. The molecule has 0 radical (unpaired) electrons. The summed E-state index contributed by atoms with van der Waals surface area (Å²) in [5.41, 5.74) is -2.26. The number of nitrogens with zero attached hydrogens (tertiary/aromatic N) is 4. The first-order valence-corrected chi connectivity index (χ1v) is 8.56. The van der Waals surface area contributed by atoms with E-state index in [9.17, 15) is 18.0 Å². The van der Waals surface area contributed by atoms with Crippen LogP contribution in [0.1, 0.15) is 30.5 Å². The van der Waals surface area contributed by atoms with E-state index in [2.05, 4.69) is 27.7 Å². The number of alkyl halides is 3. The van der Waals surface area contributed by atoms with Gasteiger partial charge in [0.1, 0.15) is 5.54 Å². The molecule has 0 bridgehead atoms. The van der Waals surface area contributed by atoms with E-state index in [1.807, 2.05) is 4.90 Å². The molecule has 1 aliphatic heterocycles. The van der Waals surface area contributed by atoms with Crippen molar-refractivity contribution >= 4 is 11.6 Å². The lowest BCUT2D eigenvalue weighted by atomic mass is 10.0. The third kappa shape index (κ3) is 4.33. The van der Waals surface area contributed by atoms with Gasteiger partial charge in [-0.05, 0) is 38.0 Å². The molecule has 150 valence electrons. The molecule has 29 heavy (non-hydrogen) atoms. The van der Waals surface area contributed by atoms with Crippen molar-refractivity contribution in [3.05, 3.63) is 47.3 Å². The summed E-state index contributed by atoms with van der Waals surface area (Å²) in [5.74, 6) is 2.36. The third-order valence-corrected chi connectivity index (χ3v) is 4.38. The van der Waals surface area contributed by atoms with Crippen molar-refractivity contribution < 1.29 is 18.0 Å². The summed E-state index contributed by atoms with van der Waals surface area (Å²) in [7, 11) is 0. The fourth-order valence-corrected chi connectivity index (χ4v) is 2.48. The van der Waals surface area contributed by atoms with Crippen LogP contribution in [-0.2, 0) is 16.5 Å². The number of carbonyl (C=O) groups is 1. The summed E-state index contributed by atoms with van der Waals surface area (Å²) in [4.78, 5) is 14.6. The predicted molar refractivity (Wildman–Crippen MR) is 97.9 cm³/mol. The largest absolute Gasteiger partial charge is 0.417 e. The number of anilines is 1. The van der Waals surface area contributed by atoms with Crippen LogP contribution in [0.5, 0.6) is 0 Å². The molecule has 1 saturated heterocycles. The number of benzene rings is 1. The monoisotopic (exact) mass is 402 g/mol. The molecule has 2 N–H and O–H groups in total. The van der Waals surface area contributed by atoms with Gasteiger partial charge in [-0.15, -0.1) is 0 Å². The second-order valence-corrected chi connectivity index (χ2v) is 6.90. The van der Waals surface area contributed by atoms with E-state index in [0.717, 1.165) is 12.1 Å². The van der Waals surface area contributed by atoms with Crippen LogP contribution in [-0.4, -0.2) is 33.9 Å². The molecule has 1 amide bonds. The van der Waals surface area contributed by atoms with E-state index < -0.39 is 28.7 Å². The maximum absolute atomic E-state index is 13.1. The van der Waals surface area contributed by atoms with Gasteiger partial charge in [0.05, 0.1) is 42.3 Å². The molecule has 0 atom stereocenters. The van der Waals surface area contributed by atoms with Crippen LogP contribution in [0, 0.1) is 23.3 Å². The van der Waals surface area contributed by atoms with Gasteiger partial charge in [0.2, 0.25) is 0 Å². The SMILES string of the molecule is CC(C)(C(=O)Nc1ccc(C#N)c(C(F)(F)F)c1)n1cc(C#CN2CNC2)cn1. The van der Waals surface area contributed by atoms with Crippen molar-refractivity contribution in [2.75, 3.05) is 18.7 Å². The van der Waals surface area contributed by atoms with E-state index in [1.54, 1.807) is 20.0 Å². The standard InChI is InChI=1S/C19H17F3N6O/c1-18(2,28-10-13(9-25-28)5-6-27-11-24-12-27)17(29)26-15-4-3-14(8-23)16(7-15)19(20,21)22/h3-4,7,9-10,24H,11-12H2,1-2H3,(H,26,29). The molecule has 1 aromatic carbocycles. The van der Waals surface area contributed by atoms with Crippen LogP contribution >= 0.6 is 0 Å². The van der Waals surface area contributed by atoms with Gasteiger partial charge in [0.15, 0.2) is 0 Å². The van der Waals surface area contributed by atoms with Gasteiger partial charge >= 0.3 is 6.18 Å². The summed E-state index contributed by atoms with van der Waals surface area (Å²) in [5, 5.41) is 18.5. The summed E-state index contributed by atoms with van der Waals surface area (Å²) < 4.78 is 40.7. The number of amides is 1. The number of hydrogen-bond donors (Lipinski definition) is 2. The van der Waals surface area contributed by atoms with Crippen molar-refractivity contribution in [2.45, 2.75) is 25.6 Å². The van der Waals surface area contributed by atoms with Crippen molar-refractivity contribution in [2.24, 2.45) is 0 Å².